The van der Waals surface area contributed by atoms with E-state index in [-0.39, 0.29) is 46.6 Å². The van der Waals surface area contributed by atoms with Crippen molar-refractivity contribution in [2.45, 2.75) is 43.4 Å². The fourth-order valence-electron chi connectivity index (χ4n) is 7.64. The third kappa shape index (κ3) is 4.57. The van der Waals surface area contributed by atoms with Crippen molar-refractivity contribution in [3.8, 4) is 29.8 Å². The van der Waals surface area contributed by atoms with Gasteiger partial charge in [-0.1, -0.05) is 12.0 Å². The fraction of sp³-hybridized carbons (Fsp3) is 0.394. The highest BCUT2D eigenvalue weighted by Crippen LogP contribution is 2.41. The smallest absolute Gasteiger partial charge is 0.317 e. The number of aromatic hydroxyl groups is 1. The minimum absolute atomic E-state index is 0.0288. The van der Waals surface area contributed by atoms with Crippen LogP contribution in [0.4, 0.5) is 8.78 Å². The van der Waals surface area contributed by atoms with Crippen LogP contribution in [0.25, 0.3) is 32.9 Å². The summed E-state index contributed by atoms with van der Waals surface area (Å²) in [6.45, 7) is 3.57. The van der Waals surface area contributed by atoms with E-state index in [1.807, 2.05) is 0 Å². The molecule has 2 aromatic carbocycles. The molecule has 9 rings (SSSR count). The number of terminal acetylenes is 1. The molecule has 0 radical (unpaired) electrons. The SMILES string of the molecule is C#Cc1c(F)ccc2cc(O)cc(-n3ncc4c(C5=C6CNCC(C5)NC6)nc(OC[C@@]56CCCN5C[C@H](F)C6)nc4c3=O)c12. The van der Waals surface area contributed by atoms with Crippen molar-refractivity contribution in [1.82, 2.24) is 35.3 Å². The molecule has 3 fully saturated rings. The van der Waals surface area contributed by atoms with Gasteiger partial charge < -0.3 is 20.5 Å². The third-order valence-electron chi connectivity index (χ3n) is 9.75. The second-order valence-corrected chi connectivity index (χ2v) is 12.5. The van der Waals surface area contributed by atoms with E-state index in [0.29, 0.717) is 48.9 Å². The molecular formula is C33H31F2N7O3. The van der Waals surface area contributed by atoms with E-state index < -0.39 is 23.1 Å². The number of nitrogens with zero attached hydrogens (tertiary/aromatic N) is 5. The molecule has 5 aliphatic rings. The highest BCUT2D eigenvalue weighted by atomic mass is 19.1. The van der Waals surface area contributed by atoms with E-state index in [9.17, 15) is 18.7 Å². The summed E-state index contributed by atoms with van der Waals surface area (Å²) in [5.41, 5.74) is 1.81. The molecule has 7 heterocycles. The first kappa shape index (κ1) is 28.1. The third-order valence-corrected chi connectivity index (χ3v) is 9.75. The standard InChI is InChI=1S/C33H31F2N7O3/c1-2-23-26(35)5-4-18-8-22(43)10-27(28(18)23)42-31(44)30-25(15-38-42)29(24-9-21-14-36-12-19(24)13-37-21)39-32(40-30)45-17-33-6-3-7-41(33)16-20(34)11-33/h1,4-5,8,10,15,20-21,36-37,43H,3,6-7,9,11-14,16-17H2/t20-,21?,33+/m1/s1. The van der Waals surface area contributed by atoms with E-state index in [0.717, 1.165) is 41.8 Å². The topological polar surface area (TPSA) is 117 Å². The summed E-state index contributed by atoms with van der Waals surface area (Å²) in [6, 6.07) is 5.71. The molecule has 0 amide bonds. The molecule has 2 bridgehead atoms. The van der Waals surface area contributed by atoms with Crippen molar-refractivity contribution in [1.29, 1.82) is 0 Å². The van der Waals surface area contributed by atoms with Gasteiger partial charge in [0, 0.05) is 50.1 Å². The molecule has 3 atom stereocenters. The normalized spacial score (nSPS) is 24.7. The number of fused-ring (bicyclic) bond motifs is 7. The van der Waals surface area contributed by atoms with E-state index in [1.165, 1.54) is 30.5 Å². The number of nitrogens with one attached hydrogen (secondary N) is 2. The zero-order valence-electron chi connectivity index (χ0n) is 24.4. The van der Waals surface area contributed by atoms with Crippen molar-refractivity contribution in [3.63, 3.8) is 0 Å². The lowest BCUT2D eigenvalue weighted by molar-refractivity contribution is 0.107. The van der Waals surface area contributed by atoms with Gasteiger partial charge >= 0.3 is 6.01 Å². The summed E-state index contributed by atoms with van der Waals surface area (Å²) in [6.07, 6.45) is 9.16. The maximum Gasteiger partial charge on any atom is 0.317 e. The van der Waals surface area contributed by atoms with Gasteiger partial charge in [-0.2, -0.15) is 19.7 Å². The Morgan fingerprint density at radius 1 is 1.24 bits per heavy atom. The lowest BCUT2D eigenvalue weighted by Gasteiger charge is -2.31. The average molecular weight is 612 g/mol. The average Bonchev–Trinajstić information content (AvgIpc) is 3.35. The summed E-state index contributed by atoms with van der Waals surface area (Å²) in [5.74, 6) is 1.60. The Hall–Kier alpha value is -4.44. The molecule has 45 heavy (non-hydrogen) atoms. The highest BCUT2D eigenvalue weighted by molar-refractivity contribution is 5.97. The van der Waals surface area contributed by atoms with Gasteiger partial charge in [-0.15, -0.1) is 6.42 Å². The van der Waals surface area contributed by atoms with Crippen molar-refractivity contribution in [3.05, 3.63) is 63.5 Å². The maximum absolute atomic E-state index is 14.8. The molecule has 5 aliphatic heterocycles. The van der Waals surface area contributed by atoms with Crippen LogP contribution in [0.3, 0.4) is 0 Å². The molecule has 3 saturated heterocycles. The van der Waals surface area contributed by atoms with Crippen LogP contribution >= 0.6 is 0 Å². The molecule has 0 spiro atoms. The Morgan fingerprint density at radius 3 is 3.00 bits per heavy atom. The Kier molecular flexibility index (Phi) is 6.60. The number of phenolic OH excluding ortho intramolecular Hbond substituents is 1. The molecule has 2 aromatic heterocycles. The predicted molar refractivity (Wildman–Crippen MR) is 165 cm³/mol. The number of ether oxygens (including phenoxy) is 1. The first-order chi connectivity index (χ1) is 21.8. The monoisotopic (exact) mass is 611 g/mol. The number of benzene rings is 2. The molecule has 12 heteroatoms. The van der Waals surface area contributed by atoms with Crippen molar-refractivity contribution < 1.29 is 18.6 Å². The minimum Gasteiger partial charge on any atom is -0.508 e. The summed E-state index contributed by atoms with van der Waals surface area (Å²) in [4.78, 5) is 25.9. The molecular weight excluding hydrogens is 580 g/mol. The van der Waals surface area contributed by atoms with Gasteiger partial charge in [-0.05, 0) is 54.5 Å². The molecule has 1 unspecified atom stereocenters. The highest BCUT2D eigenvalue weighted by Gasteiger charge is 2.49. The zero-order chi connectivity index (χ0) is 30.9. The van der Waals surface area contributed by atoms with Gasteiger partial charge in [-0.25, -0.2) is 8.78 Å². The second kappa shape index (κ2) is 10.6. The largest absolute Gasteiger partial charge is 0.508 e. The van der Waals surface area contributed by atoms with E-state index in [4.69, 9.17) is 16.1 Å². The van der Waals surface area contributed by atoms with Gasteiger partial charge in [0.05, 0.1) is 34.1 Å². The quantitative estimate of drug-likeness (QED) is 0.293. The number of rotatable bonds is 5. The van der Waals surface area contributed by atoms with Crippen molar-refractivity contribution in [2.75, 3.05) is 39.3 Å². The Morgan fingerprint density at radius 2 is 2.13 bits per heavy atom. The first-order valence-electron chi connectivity index (χ1n) is 15.2. The first-order valence-corrected chi connectivity index (χ1v) is 15.2. The van der Waals surface area contributed by atoms with Gasteiger partial charge in [0.2, 0.25) is 0 Å². The van der Waals surface area contributed by atoms with Crippen LogP contribution in [0.1, 0.15) is 36.9 Å². The summed E-state index contributed by atoms with van der Waals surface area (Å²) in [5, 5.41) is 23.2. The zero-order valence-corrected chi connectivity index (χ0v) is 24.4. The van der Waals surface area contributed by atoms with Gasteiger partial charge in [0.15, 0.2) is 0 Å². The van der Waals surface area contributed by atoms with Crippen LogP contribution < -0.4 is 20.9 Å². The Bertz CT molecular complexity index is 2020. The van der Waals surface area contributed by atoms with Gasteiger partial charge in [0.1, 0.15) is 29.9 Å². The van der Waals surface area contributed by atoms with Crippen LogP contribution in [0.5, 0.6) is 11.8 Å². The van der Waals surface area contributed by atoms with E-state index in [2.05, 4.69) is 31.5 Å². The van der Waals surface area contributed by atoms with Crippen LogP contribution in [-0.4, -0.2) is 86.8 Å². The molecule has 10 nitrogen and oxygen atoms in total. The van der Waals surface area contributed by atoms with E-state index in [1.54, 1.807) is 0 Å². The van der Waals surface area contributed by atoms with E-state index >= 15 is 0 Å². The molecule has 4 aromatic rings. The lowest BCUT2D eigenvalue weighted by Crippen LogP contribution is -2.43. The van der Waals surface area contributed by atoms with Gasteiger partial charge in [-0.3, -0.25) is 9.69 Å². The number of aromatic nitrogens is 4. The molecule has 0 aliphatic carbocycles. The summed E-state index contributed by atoms with van der Waals surface area (Å²) >= 11 is 0. The maximum atomic E-state index is 14.8. The number of hydrogen-bond donors (Lipinski definition) is 3. The predicted octanol–water partition coefficient (Wildman–Crippen LogP) is 2.83. The fourth-order valence-corrected chi connectivity index (χ4v) is 7.64. The summed E-state index contributed by atoms with van der Waals surface area (Å²) in [7, 11) is 0. The van der Waals surface area contributed by atoms with Crippen LogP contribution in [-0.2, 0) is 0 Å². The number of halogens is 2. The van der Waals surface area contributed by atoms with Gasteiger partial charge in [0.25, 0.3) is 5.56 Å². The van der Waals surface area contributed by atoms with Crippen LogP contribution in [0, 0.1) is 18.2 Å². The minimum atomic E-state index is -0.913. The number of hydrogen-bond acceptors (Lipinski definition) is 9. The van der Waals surface area contributed by atoms with Crippen LogP contribution in [0.2, 0.25) is 0 Å². The molecule has 0 saturated carbocycles. The number of alkyl halides is 1. The van der Waals surface area contributed by atoms with Crippen molar-refractivity contribution in [2.24, 2.45) is 0 Å². The van der Waals surface area contributed by atoms with Crippen molar-refractivity contribution >= 4 is 27.2 Å². The summed E-state index contributed by atoms with van der Waals surface area (Å²) < 4.78 is 36.7. The lowest BCUT2D eigenvalue weighted by atomic mass is 9.93. The Labute approximate surface area is 257 Å². The number of phenols is 1. The second-order valence-electron chi connectivity index (χ2n) is 12.5. The van der Waals surface area contributed by atoms with Crippen LogP contribution in [0.15, 0.2) is 40.8 Å². The molecule has 3 N–H and O–H groups in total. The molecule has 230 valence electrons. The Balaban J connectivity index is 1.32.